The highest BCUT2D eigenvalue weighted by molar-refractivity contribution is 5.80. The summed E-state index contributed by atoms with van der Waals surface area (Å²) in [6.45, 7) is 16.5. The molecule has 174 valence electrons. The second-order valence-electron chi connectivity index (χ2n) is 9.56. The second kappa shape index (κ2) is 11.7. The first kappa shape index (κ1) is 23.9. The number of hydrogen-bond donors (Lipinski definition) is 2. The number of nitrogens with zero attached hydrogens (tertiary/aromatic N) is 3. The first-order valence-electron chi connectivity index (χ1n) is 12.1. The van der Waals surface area contributed by atoms with Gasteiger partial charge in [-0.25, -0.2) is 0 Å². The Morgan fingerprint density at radius 2 is 1.87 bits per heavy atom. The summed E-state index contributed by atoms with van der Waals surface area (Å²) in [7, 11) is 1.72. The Hall–Kier alpha value is -1.79. The van der Waals surface area contributed by atoms with Crippen LogP contribution in [-0.2, 0) is 6.54 Å². The molecule has 2 N–H and O–H groups in total. The zero-order valence-electron chi connectivity index (χ0n) is 20.2. The van der Waals surface area contributed by atoms with Gasteiger partial charge in [0, 0.05) is 44.8 Å². The van der Waals surface area contributed by atoms with Gasteiger partial charge in [-0.3, -0.25) is 14.8 Å². The number of aliphatic imine (C=N–C) groups is 1. The normalized spacial score (nSPS) is 24.0. The molecule has 0 amide bonds. The van der Waals surface area contributed by atoms with Gasteiger partial charge in [0.1, 0.15) is 5.75 Å². The van der Waals surface area contributed by atoms with Crippen molar-refractivity contribution in [3.63, 3.8) is 0 Å². The van der Waals surface area contributed by atoms with Crippen LogP contribution in [0.2, 0.25) is 0 Å². The molecule has 2 aliphatic heterocycles. The molecule has 0 aromatic heterocycles. The summed E-state index contributed by atoms with van der Waals surface area (Å²) >= 11 is 0. The quantitative estimate of drug-likeness (QED) is 0.491. The molecule has 6 heteroatoms. The summed E-state index contributed by atoms with van der Waals surface area (Å²) in [6.07, 6.45) is 2.44. The van der Waals surface area contributed by atoms with Crippen LogP contribution in [0.5, 0.6) is 5.75 Å². The SMILES string of the molecule is CCNC(=NCC1CCN(Cc2ccc(OC)cc2)CC1)NC1CN(C(C)C)CC1C. The van der Waals surface area contributed by atoms with Crippen molar-refractivity contribution >= 4 is 5.96 Å². The third-order valence-electron chi connectivity index (χ3n) is 6.82. The third-order valence-corrected chi connectivity index (χ3v) is 6.82. The molecule has 2 fully saturated rings. The molecule has 31 heavy (non-hydrogen) atoms. The maximum atomic E-state index is 5.26. The molecule has 2 heterocycles. The van der Waals surface area contributed by atoms with E-state index in [-0.39, 0.29) is 0 Å². The Kier molecular flexibility index (Phi) is 9.02. The molecule has 2 unspecified atom stereocenters. The Morgan fingerprint density at radius 1 is 1.16 bits per heavy atom. The van der Waals surface area contributed by atoms with E-state index in [0.717, 1.165) is 51.0 Å². The van der Waals surface area contributed by atoms with Gasteiger partial charge in [-0.05, 0) is 76.2 Å². The predicted molar refractivity (Wildman–Crippen MR) is 130 cm³/mol. The van der Waals surface area contributed by atoms with Gasteiger partial charge >= 0.3 is 0 Å². The van der Waals surface area contributed by atoms with Crippen LogP contribution in [0, 0.1) is 11.8 Å². The van der Waals surface area contributed by atoms with Crippen LogP contribution in [0.25, 0.3) is 0 Å². The summed E-state index contributed by atoms with van der Waals surface area (Å²) in [5.41, 5.74) is 1.36. The topological polar surface area (TPSA) is 52.1 Å². The number of piperidine rings is 1. The molecule has 2 atom stereocenters. The number of benzene rings is 1. The number of hydrogen-bond acceptors (Lipinski definition) is 4. The lowest BCUT2D eigenvalue weighted by Crippen LogP contribution is -2.47. The molecule has 6 nitrogen and oxygen atoms in total. The van der Waals surface area contributed by atoms with E-state index in [2.05, 4.69) is 72.4 Å². The van der Waals surface area contributed by atoms with Crippen molar-refractivity contribution in [2.24, 2.45) is 16.8 Å². The third kappa shape index (κ3) is 7.11. The van der Waals surface area contributed by atoms with E-state index in [9.17, 15) is 0 Å². The van der Waals surface area contributed by atoms with Crippen molar-refractivity contribution in [3.05, 3.63) is 29.8 Å². The van der Waals surface area contributed by atoms with Crippen molar-refractivity contribution in [1.29, 1.82) is 0 Å². The molecule has 0 saturated carbocycles. The molecule has 2 saturated heterocycles. The van der Waals surface area contributed by atoms with E-state index in [0.29, 0.717) is 23.9 Å². The lowest BCUT2D eigenvalue weighted by Gasteiger charge is -2.31. The maximum absolute atomic E-state index is 5.26. The number of guanidine groups is 1. The van der Waals surface area contributed by atoms with Gasteiger partial charge in [0.15, 0.2) is 5.96 Å². The fraction of sp³-hybridized carbons (Fsp3) is 0.720. The molecule has 1 aromatic carbocycles. The first-order chi connectivity index (χ1) is 15.0. The van der Waals surface area contributed by atoms with Gasteiger partial charge in [-0.2, -0.15) is 0 Å². The smallest absolute Gasteiger partial charge is 0.191 e. The minimum Gasteiger partial charge on any atom is -0.497 e. The van der Waals surface area contributed by atoms with Gasteiger partial charge in [0.05, 0.1) is 7.11 Å². The zero-order valence-corrected chi connectivity index (χ0v) is 20.2. The van der Waals surface area contributed by atoms with Crippen molar-refractivity contribution in [3.8, 4) is 5.75 Å². The van der Waals surface area contributed by atoms with E-state index < -0.39 is 0 Å². The van der Waals surface area contributed by atoms with Crippen LogP contribution < -0.4 is 15.4 Å². The van der Waals surface area contributed by atoms with Crippen LogP contribution >= 0.6 is 0 Å². The van der Waals surface area contributed by atoms with Crippen LogP contribution in [0.15, 0.2) is 29.3 Å². The highest BCUT2D eigenvalue weighted by Gasteiger charge is 2.31. The standard InChI is InChI=1S/C25H43N5O/c1-6-26-25(28-24-18-30(19(2)3)16-20(24)4)27-15-21-11-13-29(14-12-21)17-22-7-9-23(31-5)10-8-22/h7-10,19-21,24H,6,11-18H2,1-5H3,(H2,26,27,28). The Labute approximate surface area is 189 Å². The number of rotatable bonds is 8. The van der Waals surface area contributed by atoms with Gasteiger partial charge in [-0.1, -0.05) is 19.1 Å². The number of likely N-dealkylation sites (tertiary alicyclic amines) is 2. The van der Waals surface area contributed by atoms with Crippen molar-refractivity contribution in [2.75, 3.05) is 46.4 Å². The fourth-order valence-electron chi connectivity index (χ4n) is 4.65. The van der Waals surface area contributed by atoms with Gasteiger partial charge in [0.2, 0.25) is 0 Å². The molecular weight excluding hydrogens is 386 g/mol. The average molecular weight is 430 g/mol. The highest BCUT2D eigenvalue weighted by Crippen LogP contribution is 2.21. The minimum absolute atomic E-state index is 0.478. The van der Waals surface area contributed by atoms with Gasteiger partial charge in [0.25, 0.3) is 0 Å². The minimum atomic E-state index is 0.478. The zero-order chi connectivity index (χ0) is 22.2. The van der Waals surface area contributed by atoms with Crippen LogP contribution in [0.1, 0.15) is 46.1 Å². The number of nitrogens with one attached hydrogen (secondary N) is 2. The van der Waals surface area contributed by atoms with Crippen molar-refractivity contribution in [1.82, 2.24) is 20.4 Å². The summed E-state index contributed by atoms with van der Waals surface area (Å²) in [6, 6.07) is 9.54. The Bertz CT molecular complexity index is 682. The molecule has 3 rings (SSSR count). The number of ether oxygens (including phenoxy) is 1. The predicted octanol–water partition coefficient (Wildman–Crippen LogP) is 3.19. The van der Waals surface area contributed by atoms with E-state index >= 15 is 0 Å². The van der Waals surface area contributed by atoms with E-state index in [4.69, 9.17) is 9.73 Å². The van der Waals surface area contributed by atoms with Crippen LogP contribution in [0.4, 0.5) is 0 Å². The largest absolute Gasteiger partial charge is 0.497 e. The van der Waals surface area contributed by atoms with E-state index in [1.54, 1.807) is 7.11 Å². The highest BCUT2D eigenvalue weighted by atomic mass is 16.5. The fourth-order valence-corrected chi connectivity index (χ4v) is 4.65. The molecular formula is C25H43N5O. The van der Waals surface area contributed by atoms with Crippen LogP contribution in [0.3, 0.4) is 0 Å². The van der Waals surface area contributed by atoms with E-state index in [1.165, 1.54) is 24.9 Å². The van der Waals surface area contributed by atoms with Gasteiger partial charge in [-0.15, -0.1) is 0 Å². The molecule has 0 radical (unpaired) electrons. The Morgan fingerprint density at radius 3 is 2.45 bits per heavy atom. The molecule has 1 aromatic rings. The summed E-state index contributed by atoms with van der Waals surface area (Å²) in [4.78, 5) is 10.1. The van der Waals surface area contributed by atoms with Crippen LogP contribution in [-0.4, -0.2) is 74.2 Å². The maximum Gasteiger partial charge on any atom is 0.191 e. The Balaban J connectivity index is 1.45. The second-order valence-corrected chi connectivity index (χ2v) is 9.56. The van der Waals surface area contributed by atoms with Gasteiger partial charge < -0.3 is 15.4 Å². The number of methoxy groups -OCH3 is 1. The lowest BCUT2D eigenvalue weighted by molar-refractivity contribution is 0.180. The molecule has 0 bridgehead atoms. The lowest BCUT2D eigenvalue weighted by atomic mass is 9.96. The van der Waals surface area contributed by atoms with Crippen molar-refractivity contribution < 1.29 is 4.74 Å². The van der Waals surface area contributed by atoms with Crippen molar-refractivity contribution in [2.45, 2.75) is 59.2 Å². The molecule has 2 aliphatic rings. The molecule has 0 spiro atoms. The monoisotopic (exact) mass is 429 g/mol. The summed E-state index contributed by atoms with van der Waals surface area (Å²) in [5.74, 6) is 3.24. The van der Waals surface area contributed by atoms with E-state index in [1.807, 2.05) is 0 Å². The molecule has 0 aliphatic carbocycles. The average Bonchev–Trinajstić information content (AvgIpc) is 3.14. The summed E-state index contributed by atoms with van der Waals surface area (Å²) < 4.78 is 5.26. The summed E-state index contributed by atoms with van der Waals surface area (Å²) in [5, 5.41) is 7.18. The first-order valence-corrected chi connectivity index (χ1v) is 12.1.